The van der Waals surface area contributed by atoms with Gasteiger partial charge in [0.2, 0.25) is 0 Å². The first-order valence-corrected chi connectivity index (χ1v) is 4.03. The molecule has 3 atom stereocenters. The van der Waals surface area contributed by atoms with Crippen LogP contribution in [-0.4, -0.2) is 23.2 Å². The topological polar surface area (TPSA) is 49.3 Å². The summed E-state index contributed by atoms with van der Waals surface area (Å²) in [5.74, 6) is -0.801. The third-order valence-corrected chi connectivity index (χ3v) is 1.83. The Labute approximate surface area is 71.9 Å². The van der Waals surface area contributed by atoms with Gasteiger partial charge in [0.15, 0.2) is 12.0 Å². The Bertz CT molecular complexity index is 152. The summed E-state index contributed by atoms with van der Waals surface area (Å²) in [5, 5.41) is 8.45. The minimum atomic E-state index is -1.42. The third-order valence-electron chi connectivity index (χ3n) is 1.83. The number of hydrogen-bond donors (Lipinski definition) is 2. The molecule has 0 bridgehead atoms. The van der Waals surface area contributed by atoms with Gasteiger partial charge in [-0.15, -0.1) is 0 Å². The maximum atomic E-state index is 13.0. The fourth-order valence-electron chi connectivity index (χ4n) is 1.13. The second kappa shape index (κ2) is 5.22. The molecule has 0 aromatic rings. The molecule has 72 valence electrons. The Morgan fingerprint density at radius 2 is 2.08 bits per heavy atom. The smallest absolute Gasteiger partial charge is 0.164 e. The van der Waals surface area contributed by atoms with E-state index in [1.54, 1.807) is 13.8 Å². The van der Waals surface area contributed by atoms with Gasteiger partial charge in [0.05, 0.1) is 0 Å². The lowest BCUT2D eigenvalue weighted by atomic mass is 9.96. The quantitative estimate of drug-likeness (QED) is 0.622. The largest absolute Gasteiger partial charge is 0.317 e. The van der Waals surface area contributed by atoms with Crippen LogP contribution in [0.3, 0.4) is 0 Å². The number of halogens is 1. The highest BCUT2D eigenvalue weighted by atomic mass is 19.1. The van der Waals surface area contributed by atoms with E-state index in [4.69, 9.17) is 5.21 Å². The van der Waals surface area contributed by atoms with Crippen LogP contribution in [0.4, 0.5) is 4.39 Å². The van der Waals surface area contributed by atoms with E-state index in [-0.39, 0.29) is 12.0 Å². The molecule has 0 aromatic heterocycles. The normalized spacial score (nSPS) is 18.4. The van der Waals surface area contributed by atoms with Gasteiger partial charge in [-0.1, -0.05) is 6.92 Å². The van der Waals surface area contributed by atoms with Gasteiger partial charge in [0.1, 0.15) is 0 Å². The number of nitrogens with one attached hydrogen (secondary N) is 1. The third kappa shape index (κ3) is 3.78. The van der Waals surface area contributed by atoms with E-state index in [1.165, 1.54) is 6.92 Å². The highest BCUT2D eigenvalue weighted by Crippen LogP contribution is 2.14. The maximum absolute atomic E-state index is 13.0. The summed E-state index contributed by atoms with van der Waals surface area (Å²) in [7, 11) is 0. The molecule has 12 heavy (non-hydrogen) atoms. The Hall–Kier alpha value is -0.480. The molecule has 0 saturated heterocycles. The first kappa shape index (κ1) is 11.5. The molecule has 0 radical (unpaired) electrons. The molecule has 0 rings (SSSR count). The Morgan fingerprint density at radius 3 is 2.42 bits per heavy atom. The minimum absolute atomic E-state index is 0.183. The van der Waals surface area contributed by atoms with Gasteiger partial charge in [-0.25, -0.2) is 9.87 Å². The molecule has 0 spiro atoms. The van der Waals surface area contributed by atoms with E-state index in [2.05, 4.69) is 0 Å². The van der Waals surface area contributed by atoms with Crippen LogP contribution in [0.5, 0.6) is 0 Å². The van der Waals surface area contributed by atoms with Crippen LogP contribution in [-0.2, 0) is 4.79 Å². The number of Topliss-reactive ketones (excluding diaryl/α,β-unsaturated/α-hetero) is 1. The van der Waals surface area contributed by atoms with Crippen molar-refractivity contribution < 1.29 is 14.4 Å². The van der Waals surface area contributed by atoms with Gasteiger partial charge >= 0.3 is 0 Å². The molecule has 0 aliphatic carbocycles. The van der Waals surface area contributed by atoms with Crippen LogP contribution >= 0.6 is 0 Å². The van der Waals surface area contributed by atoms with Crippen molar-refractivity contribution in [2.75, 3.05) is 0 Å². The molecule has 3 unspecified atom stereocenters. The van der Waals surface area contributed by atoms with Gasteiger partial charge in [-0.05, 0) is 26.2 Å². The van der Waals surface area contributed by atoms with Gasteiger partial charge < -0.3 is 5.21 Å². The summed E-state index contributed by atoms with van der Waals surface area (Å²) in [6.07, 6.45) is -0.974. The summed E-state index contributed by atoms with van der Waals surface area (Å²) < 4.78 is 13.0. The van der Waals surface area contributed by atoms with Crippen LogP contribution in [0, 0.1) is 5.92 Å². The maximum Gasteiger partial charge on any atom is 0.164 e. The number of carbonyl (C=O) groups is 1. The van der Waals surface area contributed by atoms with Crippen molar-refractivity contribution in [3.8, 4) is 0 Å². The van der Waals surface area contributed by atoms with Crippen molar-refractivity contribution in [2.45, 2.75) is 39.4 Å². The molecule has 0 aliphatic rings. The van der Waals surface area contributed by atoms with Crippen molar-refractivity contribution in [1.29, 1.82) is 0 Å². The zero-order valence-electron chi connectivity index (χ0n) is 7.67. The van der Waals surface area contributed by atoms with Crippen molar-refractivity contribution in [3.63, 3.8) is 0 Å². The number of alkyl halides is 1. The SMILES string of the molecule is CC(=O)C(F)C(C)CC(C)NO. The number of carbonyl (C=O) groups excluding carboxylic acids is 1. The van der Waals surface area contributed by atoms with E-state index in [0.717, 1.165) is 0 Å². The number of ketones is 1. The van der Waals surface area contributed by atoms with E-state index >= 15 is 0 Å². The molecular weight excluding hydrogens is 161 g/mol. The summed E-state index contributed by atoms with van der Waals surface area (Å²) in [6.45, 7) is 4.61. The molecule has 3 nitrogen and oxygen atoms in total. The first-order chi connectivity index (χ1) is 5.49. The average molecular weight is 177 g/mol. The standard InChI is InChI=1S/C8H16FNO2/c1-5(4-6(2)10-12)8(9)7(3)11/h5-6,8,10,12H,4H2,1-3H3. The van der Waals surface area contributed by atoms with E-state index in [0.29, 0.717) is 6.42 Å². The van der Waals surface area contributed by atoms with Gasteiger partial charge in [0.25, 0.3) is 0 Å². The van der Waals surface area contributed by atoms with Crippen LogP contribution in [0.15, 0.2) is 0 Å². The van der Waals surface area contributed by atoms with Crippen molar-refractivity contribution in [3.05, 3.63) is 0 Å². The van der Waals surface area contributed by atoms with Crippen molar-refractivity contribution >= 4 is 5.78 Å². The lowest BCUT2D eigenvalue weighted by Crippen LogP contribution is -2.30. The van der Waals surface area contributed by atoms with Crippen molar-refractivity contribution in [1.82, 2.24) is 5.48 Å². The second-order valence-corrected chi connectivity index (χ2v) is 3.26. The molecule has 0 amide bonds. The second-order valence-electron chi connectivity index (χ2n) is 3.26. The lowest BCUT2D eigenvalue weighted by molar-refractivity contribution is -0.123. The Morgan fingerprint density at radius 1 is 1.58 bits per heavy atom. The van der Waals surface area contributed by atoms with E-state index < -0.39 is 12.0 Å². The van der Waals surface area contributed by atoms with E-state index in [9.17, 15) is 9.18 Å². The highest BCUT2D eigenvalue weighted by Gasteiger charge is 2.22. The Kier molecular flexibility index (Phi) is 5.01. The number of rotatable bonds is 5. The molecular formula is C8H16FNO2. The zero-order chi connectivity index (χ0) is 9.72. The molecule has 0 aromatic carbocycles. The van der Waals surface area contributed by atoms with Gasteiger partial charge in [-0.2, -0.15) is 0 Å². The van der Waals surface area contributed by atoms with Crippen LogP contribution in [0.25, 0.3) is 0 Å². The van der Waals surface area contributed by atoms with Gasteiger partial charge in [0, 0.05) is 6.04 Å². The number of hydrogen-bond acceptors (Lipinski definition) is 3. The minimum Gasteiger partial charge on any atom is -0.317 e. The first-order valence-electron chi connectivity index (χ1n) is 4.03. The summed E-state index contributed by atoms with van der Waals surface area (Å²) in [5.41, 5.74) is 2.01. The average Bonchev–Trinajstić information content (AvgIpc) is 2.02. The van der Waals surface area contributed by atoms with Crippen LogP contribution < -0.4 is 5.48 Å². The van der Waals surface area contributed by atoms with Crippen molar-refractivity contribution in [2.24, 2.45) is 5.92 Å². The van der Waals surface area contributed by atoms with Crippen LogP contribution in [0.1, 0.15) is 27.2 Å². The molecule has 0 heterocycles. The molecule has 4 heteroatoms. The molecule has 0 aliphatic heterocycles. The Balaban J connectivity index is 3.86. The lowest BCUT2D eigenvalue weighted by Gasteiger charge is -2.17. The zero-order valence-corrected chi connectivity index (χ0v) is 7.67. The monoisotopic (exact) mass is 177 g/mol. The summed E-state index contributed by atoms with van der Waals surface area (Å²) in [6, 6.07) is -0.183. The van der Waals surface area contributed by atoms with Gasteiger partial charge in [-0.3, -0.25) is 4.79 Å². The number of hydroxylamine groups is 1. The molecule has 2 N–H and O–H groups in total. The van der Waals surface area contributed by atoms with E-state index in [1.807, 2.05) is 5.48 Å². The summed E-state index contributed by atoms with van der Waals surface area (Å²) >= 11 is 0. The summed E-state index contributed by atoms with van der Waals surface area (Å²) in [4.78, 5) is 10.6. The fourth-order valence-corrected chi connectivity index (χ4v) is 1.13. The molecule has 0 saturated carbocycles. The molecule has 0 fully saturated rings. The predicted molar refractivity (Wildman–Crippen MR) is 43.7 cm³/mol. The van der Waals surface area contributed by atoms with Crippen LogP contribution in [0.2, 0.25) is 0 Å². The highest BCUT2D eigenvalue weighted by molar-refractivity contribution is 5.80. The fraction of sp³-hybridized carbons (Fsp3) is 0.875. The predicted octanol–water partition coefficient (Wildman–Crippen LogP) is 1.31.